The van der Waals surface area contributed by atoms with Crippen molar-refractivity contribution < 1.29 is 4.74 Å². The van der Waals surface area contributed by atoms with Crippen molar-refractivity contribution in [1.82, 2.24) is 0 Å². The smallest absolute Gasteiger partial charge is 0.101 e. The van der Waals surface area contributed by atoms with Gasteiger partial charge in [0.15, 0.2) is 0 Å². The van der Waals surface area contributed by atoms with Crippen LogP contribution in [0.25, 0.3) is 0 Å². The maximum Gasteiger partial charge on any atom is 0.101 e. The van der Waals surface area contributed by atoms with E-state index in [1.165, 1.54) is 0 Å². The molecule has 1 aliphatic rings. The molecule has 0 amide bonds. The number of anilines is 1. The van der Waals surface area contributed by atoms with Crippen molar-refractivity contribution in [3.8, 4) is 6.07 Å². The number of nitriles is 1. The number of morpholine rings is 1. The van der Waals surface area contributed by atoms with E-state index in [0.717, 1.165) is 32.0 Å². The van der Waals surface area contributed by atoms with Gasteiger partial charge in [-0.2, -0.15) is 5.26 Å². The van der Waals surface area contributed by atoms with Crippen molar-refractivity contribution in [3.63, 3.8) is 0 Å². The van der Waals surface area contributed by atoms with E-state index in [1.54, 1.807) is 6.07 Å². The first kappa shape index (κ1) is 9.04. The minimum atomic E-state index is 0.689. The molecule has 1 fully saturated rings. The van der Waals surface area contributed by atoms with Gasteiger partial charge in [0.25, 0.3) is 0 Å². The minimum absolute atomic E-state index is 0.689. The zero-order valence-corrected chi connectivity index (χ0v) is 7.86. The lowest BCUT2D eigenvalue weighted by atomic mass is 10.1. The molecule has 0 bridgehead atoms. The van der Waals surface area contributed by atoms with Gasteiger partial charge in [0.05, 0.1) is 24.5 Å². The Kier molecular flexibility index (Phi) is 2.66. The van der Waals surface area contributed by atoms with Crippen molar-refractivity contribution in [1.29, 1.82) is 5.26 Å². The van der Waals surface area contributed by atoms with Gasteiger partial charge in [0.2, 0.25) is 0 Å². The molecule has 3 heteroatoms. The number of hydrogen-bond acceptors (Lipinski definition) is 3. The number of nitrogens with zero attached hydrogens (tertiary/aromatic N) is 2. The van der Waals surface area contributed by atoms with E-state index in [1.807, 2.05) is 12.1 Å². The Morgan fingerprint density at radius 2 is 2.21 bits per heavy atom. The summed E-state index contributed by atoms with van der Waals surface area (Å²) in [5.74, 6) is 0. The van der Waals surface area contributed by atoms with E-state index in [2.05, 4.69) is 17.0 Å². The number of benzene rings is 1. The molecule has 1 aromatic carbocycles. The Bertz CT molecular complexity index is 351. The van der Waals surface area contributed by atoms with E-state index in [9.17, 15) is 0 Å². The van der Waals surface area contributed by atoms with Gasteiger partial charge >= 0.3 is 0 Å². The van der Waals surface area contributed by atoms with Gasteiger partial charge < -0.3 is 9.64 Å². The van der Waals surface area contributed by atoms with Crippen LogP contribution in [0.2, 0.25) is 0 Å². The van der Waals surface area contributed by atoms with Gasteiger partial charge in [-0.1, -0.05) is 6.07 Å². The molecule has 2 rings (SSSR count). The third-order valence-electron chi connectivity index (χ3n) is 2.31. The molecular formula is C11H11N2O. The standard InChI is InChI=1S/C11H11N2O/c12-9-10-3-1-2-4-11(10)13-5-7-14-8-6-13/h2-4H,5-8H2. The Morgan fingerprint density at radius 1 is 1.43 bits per heavy atom. The van der Waals surface area contributed by atoms with Crippen LogP contribution in [-0.4, -0.2) is 26.3 Å². The van der Waals surface area contributed by atoms with Gasteiger partial charge in [0, 0.05) is 13.1 Å². The summed E-state index contributed by atoms with van der Waals surface area (Å²) in [4.78, 5) is 2.18. The summed E-state index contributed by atoms with van der Waals surface area (Å²) in [6.07, 6.45) is 0. The van der Waals surface area contributed by atoms with Crippen molar-refractivity contribution in [2.75, 3.05) is 31.2 Å². The molecule has 1 saturated heterocycles. The fourth-order valence-corrected chi connectivity index (χ4v) is 1.59. The molecule has 0 atom stereocenters. The highest BCUT2D eigenvalue weighted by Crippen LogP contribution is 2.19. The molecule has 14 heavy (non-hydrogen) atoms. The van der Waals surface area contributed by atoms with E-state index < -0.39 is 0 Å². The molecule has 0 saturated carbocycles. The van der Waals surface area contributed by atoms with Crippen LogP contribution in [0.1, 0.15) is 5.56 Å². The molecular weight excluding hydrogens is 176 g/mol. The summed E-state index contributed by atoms with van der Waals surface area (Å²) in [6, 6.07) is 10.6. The number of ether oxygens (including phenoxy) is 1. The van der Waals surface area contributed by atoms with Gasteiger partial charge in [-0.3, -0.25) is 0 Å². The van der Waals surface area contributed by atoms with Crippen LogP contribution < -0.4 is 4.90 Å². The van der Waals surface area contributed by atoms with Crippen LogP contribution in [0, 0.1) is 17.4 Å². The lowest BCUT2D eigenvalue weighted by molar-refractivity contribution is 0.122. The second kappa shape index (κ2) is 4.12. The predicted molar refractivity (Wildman–Crippen MR) is 53.0 cm³/mol. The van der Waals surface area contributed by atoms with Gasteiger partial charge in [0.1, 0.15) is 6.07 Å². The van der Waals surface area contributed by atoms with Crippen molar-refractivity contribution in [3.05, 3.63) is 29.8 Å². The molecule has 1 aliphatic heterocycles. The monoisotopic (exact) mass is 187 g/mol. The maximum absolute atomic E-state index is 8.92. The second-order valence-corrected chi connectivity index (χ2v) is 3.15. The molecule has 3 nitrogen and oxygen atoms in total. The molecule has 0 N–H and O–H groups in total. The topological polar surface area (TPSA) is 36.3 Å². The van der Waals surface area contributed by atoms with Gasteiger partial charge in [-0.15, -0.1) is 0 Å². The zero-order valence-electron chi connectivity index (χ0n) is 7.86. The van der Waals surface area contributed by atoms with E-state index in [-0.39, 0.29) is 0 Å². The summed E-state index contributed by atoms with van der Waals surface area (Å²) in [6.45, 7) is 3.20. The lowest BCUT2D eigenvalue weighted by Crippen LogP contribution is -2.36. The first-order valence-electron chi connectivity index (χ1n) is 4.65. The van der Waals surface area contributed by atoms with Crippen molar-refractivity contribution in [2.24, 2.45) is 0 Å². The second-order valence-electron chi connectivity index (χ2n) is 3.15. The Balaban J connectivity index is 2.26. The van der Waals surface area contributed by atoms with Gasteiger partial charge in [-0.25, -0.2) is 0 Å². The van der Waals surface area contributed by atoms with E-state index in [0.29, 0.717) is 5.56 Å². The Hall–Kier alpha value is -1.53. The maximum atomic E-state index is 8.92. The number of hydrogen-bond donors (Lipinski definition) is 0. The molecule has 1 radical (unpaired) electrons. The minimum Gasteiger partial charge on any atom is -0.378 e. The summed E-state index contributed by atoms with van der Waals surface area (Å²) >= 11 is 0. The highest BCUT2D eigenvalue weighted by atomic mass is 16.5. The highest BCUT2D eigenvalue weighted by molar-refractivity contribution is 5.59. The SMILES string of the molecule is N#Cc1c[c]ccc1N1CCOCC1. The van der Waals surface area contributed by atoms with Gasteiger partial charge in [-0.05, 0) is 18.2 Å². The van der Waals surface area contributed by atoms with Crippen LogP contribution in [0.15, 0.2) is 18.2 Å². The summed E-state index contributed by atoms with van der Waals surface area (Å²) in [5.41, 5.74) is 1.68. The van der Waals surface area contributed by atoms with Crippen LogP contribution in [0.3, 0.4) is 0 Å². The molecule has 1 aromatic rings. The largest absolute Gasteiger partial charge is 0.378 e. The molecule has 0 unspecified atom stereocenters. The summed E-state index contributed by atoms with van der Waals surface area (Å²) in [7, 11) is 0. The molecule has 0 spiro atoms. The highest BCUT2D eigenvalue weighted by Gasteiger charge is 2.13. The third kappa shape index (κ3) is 1.70. The van der Waals surface area contributed by atoms with Crippen LogP contribution in [0.5, 0.6) is 0 Å². The summed E-state index contributed by atoms with van der Waals surface area (Å²) < 4.78 is 5.26. The van der Waals surface area contributed by atoms with E-state index in [4.69, 9.17) is 10.00 Å². The average molecular weight is 187 g/mol. The Morgan fingerprint density at radius 3 is 2.93 bits per heavy atom. The number of rotatable bonds is 1. The van der Waals surface area contributed by atoms with Crippen LogP contribution in [-0.2, 0) is 4.74 Å². The molecule has 1 heterocycles. The first-order valence-corrected chi connectivity index (χ1v) is 4.65. The normalized spacial score (nSPS) is 16.4. The predicted octanol–water partition coefficient (Wildman–Crippen LogP) is 1.20. The van der Waals surface area contributed by atoms with Crippen molar-refractivity contribution >= 4 is 5.69 Å². The average Bonchev–Trinajstić information content (AvgIpc) is 2.30. The van der Waals surface area contributed by atoms with Crippen LogP contribution in [0.4, 0.5) is 5.69 Å². The van der Waals surface area contributed by atoms with E-state index >= 15 is 0 Å². The molecule has 0 aromatic heterocycles. The molecule has 71 valence electrons. The quantitative estimate of drug-likeness (QED) is 0.662. The zero-order chi connectivity index (χ0) is 9.80. The third-order valence-corrected chi connectivity index (χ3v) is 2.31. The lowest BCUT2D eigenvalue weighted by Gasteiger charge is -2.29. The first-order chi connectivity index (χ1) is 6.92. The van der Waals surface area contributed by atoms with Crippen molar-refractivity contribution in [2.45, 2.75) is 0 Å². The summed E-state index contributed by atoms with van der Waals surface area (Å²) in [5, 5.41) is 8.92. The molecule has 0 aliphatic carbocycles. The Labute approximate surface area is 83.5 Å². The van der Waals surface area contributed by atoms with Crippen LogP contribution >= 0.6 is 0 Å². The fraction of sp³-hybridized carbons (Fsp3) is 0.364. The fourth-order valence-electron chi connectivity index (χ4n) is 1.59.